The zero-order chi connectivity index (χ0) is 7.02. The lowest BCUT2D eigenvalue weighted by molar-refractivity contribution is 0.556. The van der Waals surface area contributed by atoms with Gasteiger partial charge in [0.05, 0.1) is 0 Å². The quantitative estimate of drug-likeness (QED) is 0.560. The highest BCUT2D eigenvalue weighted by atomic mass is 15.2. The third kappa shape index (κ3) is 1.45. The molecule has 1 saturated heterocycles. The first-order valence-electron chi connectivity index (χ1n) is 3.89. The lowest BCUT2D eigenvalue weighted by Crippen LogP contribution is -2.07. The predicted molar refractivity (Wildman–Crippen MR) is 40.4 cm³/mol. The predicted octanol–water partition coefficient (Wildman–Crippen LogP) is 1.64. The Morgan fingerprint density at radius 1 is 0.889 bits per heavy atom. The third-order valence-electron chi connectivity index (χ3n) is 2.10. The Kier molecular flexibility index (Phi) is 1.80. The zero-order valence-corrected chi connectivity index (χ0v) is 6.81. The smallest absolute Gasteiger partial charge is 0.0250 e. The summed E-state index contributed by atoms with van der Waals surface area (Å²) in [6.07, 6.45) is 0. The maximum Gasteiger partial charge on any atom is 0.0250 e. The average Bonchev–Trinajstić information content (AvgIpc) is 2.39. The van der Waals surface area contributed by atoms with Gasteiger partial charge in [-0.15, -0.1) is 0 Å². The molecule has 1 aliphatic heterocycles. The van der Waals surface area contributed by atoms with Gasteiger partial charge in [-0.1, -0.05) is 27.7 Å². The monoisotopic (exact) mass is 127 g/mol. The second-order valence-electron chi connectivity index (χ2n) is 3.71. The second kappa shape index (κ2) is 2.30. The van der Waals surface area contributed by atoms with Crippen LogP contribution in [0.15, 0.2) is 0 Å². The van der Waals surface area contributed by atoms with E-state index in [-0.39, 0.29) is 0 Å². The molecule has 0 aromatic heterocycles. The lowest BCUT2D eigenvalue weighted by atomic mass is 10.0. The number of hydrogen-bond donors (Lipinski definition) is 1. The highest BCUT2D eigenvalue weighted by Crippen LogP contribution is 2.25. The Morgan fingerprint density at radius 3 is 1.33 bits per heavy atom. The minimum absolute atomic E-state index is 0.810. The highest BCUT2D eigenvalue weighted by molar-refractivity contribution is 5.01. The van der Waals surface area contributed by atoms with Crippen LogP contribution in [0.5, 0.6) is 0 Å². The molecular formula is C8H17N. The van der Waals surface area contributed by atoms with Gasteiger partial charge < -0.3 is 5.32 Å². The molecule has 1 fully saturated rings. The Labute approximate surface area is 57.8 Å². The molecule has 9 heavy (non-hydrogen) atoms. The molecule has 1 nitrogen and oxygen atoms in total. The molecule has 1 heteroatoms. The Bertz CT molecular complexity index is 84.7. The first kappa shape index (κ1) is 7.07. The fourth-order valence-corrected chi connectivity index (χ4v) is 1.38. The van der Waals surface area contributed by atoms with E-state index in [1.165, 1.54) is 0 Å². The van der Waals surface area contributed by atoms with Gasteiger partial charge in [-0.3, -0.25) is 0 Å². The van der Waals surface area contributed by atoms with Crippen molar-refractivity contribution in [3.8, 4) is 0 Å². The van der Waals surface area contributed by atoms with Gasteiger partial charge in [0.25, 0.3) is 0 Å². The van der Waals surface area contributed by atoms with Crippen molar-refractivity contribution in [2.45, 2.75) is 39.8 Å². The third-order valence-corrected chi connectivity index (χ3v) is 2.10. The molecule has 1 rings (SSSR count). The van der Waals surface area contributed by atoms with Gasteiger partial charge in [0.15, 0.2) is 0 Å². The van der Waals surface area contributed by atoms with Crippen LogP contribution >= 0.6 is 0 Å². The van der Waals surface area contributed by atoms with Crippen molar-refractivity contribution >= 4 is 0 Å². The number of nitrogens with one attached hydrogen (secondary N) is 1. The van der Waals surface area contributed by atoms with Crippen molar-refractivity contribution in [3.05, 3.63) is 0 Å². The van der Waals surface area contributed by atoms with E-state index in [1.54, 1.807) is 0 Å². The first-order valence-corrected chi connectivity index (χ1v) is 3.89. The highest BCUT2D eigenvalue weighted by Gasteiger charge is 2.39. The van der Waals surface area contributed by atoms with Crippen molar-refractivity contribution in [3.63, 3.8) is 0 Å². The van der Waals surface area contributed by atoms with E-state index in [0.29, 0.717) is 0 Å². The van der Waals surface area contributed by atoms with E-state index >= 15 is 0 Å². The van der Waals surface area contributed by atoms with Gasteiger partial charge in [-0.2, -0.15) is 0 Å². The normalized spacial score (nSPS) is 34.0. The van der Waals surface area contributed by atoms with Crippen LogP contribution in [-0.4, -0.2) is 12.1 Å². The Hall–Kier alpha value is -0.0400. The SMILES string of the molecule is CC(C)C1NC1C(C)C. The van der Waals surface area contributed by atoms with Gasteiger partial charge in [0, 0.05) is 12.1 Å². The van der Waals surface area contributed by atoms with Crippen molar-refractivity contribution in [1.29, 1.82) is 0 Å². The molecule has 0 aliphatic carbocycles. The molecule has 2 unspecified atom stereocenters. The average molecular weight is 127 g/mol. The zero-order valence-electron chi connectivity index (χ0n) is 6.81. The molecule has 1 heterocycles. The van der Waals surface area contributed by atoms with Gasteiger partial charge >= 0.3 is 0 Å². The molecule has 0 aromatic rings. The first-order chi connectivity index (χ1) is 4.13. The summed E-state index contributed by atoms with van der Waals surface area (Å²) < 4.78 is 0. The van der Waals surface area contributed by atoms with E-state index in [2.05, 4.69) is 33.0 Å². The van der Waals surface area contributed by atoms with Gasteiger partial charge in [-0.25, -0.2) is 0 Å². The summed E-state index contributed by atoms with van der Waals surface area (Å²) in [5, 5.41) is 3.47. The van der Waals surface area contributed by atoms with Crippen molar-refractivity contribution in [1.82, 2.24) is 5.32 Å². The molecule has 1 aliphatic rings. The molecule has 2 atom stereocenters. The fourth-order valence-electron chi connectivity index (χ4n) is 1.38. The summed E-state index contributed by atoms with van der Waals surface area (Å²) in [7, 11) is 0. The topological polar surface area (TPSA) is 21.9 Å². The molecule has 0 radical (unpaired) electrons. The van der Waals surface area contributed by atoms with E-state index in [1.807, 2.05) is 0 Å². The Morgan fingerprint density at radius 2 is 1.22 bits per heavy atom. The van der Waals surface area contributed by atoms with Crippen LogP contribution in [0, 0.1) is 11.8 Å². The maximum absolute atomic E-state index is 3.47. The standard InChI is InChI=1S/C8H17N/c1-5(2)7-8(9-7)6(3)4/h5-9H,1-4H3. The van der Waals surface area contributed by atoms with Crippen molar-refractivity contribution in [2.24, 2.45) is 11.8 Å². The number of hydrogen-bond acceptors (Lipinski definition) is 1. The summed E-state index contributed by atoms with van der Waals surface area (Å²) in [6, 6.07) is 1.62. The van der Waals surface area contributed by atoms with E-state index < -0.39 is 0 Å². The summed E-state index contributed by atoms with van der Waals surface area (Å²) >= 11 is 0. The van der Waals surface area contributed by atoms with Gasteiger partial charge in [0.2, 0.25) is 0 Å². The van der Waals surface area contributed by atoms with Crippen LogP contribution in [0.25, 0.3) is 0 Å². The minimum atomic E-state index is 0.810. The van der Waals surface area contributed by atoms with Crippen LogP contribution in [0.2, 0.25) is 0 Å². The van der Waals surface area contributed by atoms with Crippen LogP contribution in [-0.2, 0) is 0 Å². The van der Waals surface area contributed by atoms with Crippen molar-refractivity contribution in [2.75, 3.05) is 0 Å². The van der Waals surface area contributed by atoms with Crippen LogP contribution in [0.3, 0.4) is 0 Å². The van der Waals surface area contributed by atoms with Crippen molar-refractivity contribution < 1.29 is 0 Å². The van der Waals surface area contributed by atoms with Gasteiger partial charge in [-0.05, 0) is 11.8 Å². The van der Waals surface area contributed by atoms with Crippen LogP contribution < -0.4 is 5.32 Å². The summed E-state index contributed by atoms with van der Waals surface area (Å²) in [5.41, 5.74) is 0. The largest absolute Gasteiger partial charge is 0.308 e. The molecule has 54 valence electrons. The molecule has 1 N–H and O–H groups in total. The van der Waals surface area contributed by atoms with E-state index in [9.17, 15) is 0 Å². The lowest BCUT2D eigenvalue weighted by Gasteiger charge is -2.01. The van der Waals surface area contributed by atoms with E-state index in [0.717, 1.165) is 23.9 Å². The number of rotatable bonds is 2. The van der Waals surface area contributed by atoms with Crippen LogP contribution in [0.4, 0.5) is 0 Å². The van der Waals surface area contributed by atoms with E-state index in [4.69, 9.17) is 0 Å². The molecule has 0 aromatic carbocycles. The molecule has 0 saturated carbocycles. The summed E-state index contributed by atoms with van der Waals surface area (Å²) in [6.45, 7) is 9.11. The summed E-state index contributed by atoms with van der Waals surface area (Å²) in [5.74, 6) is 1.63. The molecular weight excluding hydrogens is 110 g/mol. The minimum Gasteiger partial charge on any atom is -0.308 e. The molecule has 0 spiro atoms. The Balaban J connectivity index is 2.24. The fraction of sp³-hybridized carbons (Fsp3) is 1.00. The second-order valence-corrected chi connectivity index (χ2v) is 3.71. The van der Waals surface area contributed by atoms with Gasteiger partial charge in [0.1, 0.15) is 0 Å². The van der Waals surface area contributed by atoms with Crippen LogP contribution in [0.1, 0.15) is 27.7 Å². The molecule has 0 bridgehead atoms. The summed E-state index contributed by atoms with van der Waals surface area (Å²) in [4.78, 5) is 0. The molecule has 0 amide bonds. The maximum atomic E-state index is 3.47.